The van der Waals surface area contributed by atoms with E-state index in [0.717, 1.165) is 51.5 Å². The van der Waals surface area contributed by atoms with Gasteiger partial charge in [0.2, 0.25) is 0 Å². The monoisotopic (exact) mass is 387 g/mol. The number of hydrogen-bond donors (Lipinski definition) is 3. The molecule has 148 valence electrons. The summed E-state index contributed by atoms with van der Waals surface area (Å²) in [6.45, 7) is 8.56. The molecule has 0 aliphatic carbocycles. The fraction of sp³-hybridized carbons (Fsp3) is 0.348. The van der Waals surface area contributed by atoms with Crippen LogP contribution in [0, 0.1) is 18.8 Å². The van der Waals surface area contributed by atoms with Crippen molar-refractivity contribution in [2.75, 3.05) is 11.9 Å². The summed E-state index contributed by atoms with van der Waals surface area (Å²) in [6, 6.07) is 7.86. The van der Waals surface area contributed by atoms with Crippen molar-refractivity contribution in [2.45, 2.75) is 46.1 Å². The van der Waals surface area contributed by atoms with Crippen LogP contribution in [0.15, 0.2) is 24.3 Å². The highest BCUT2D eigenvalue weighted by Crippen LogP contribution is 2.33. The molecule has 3 heterocycles. The number of carbonyl (C=O) groups excluding carboxylic acids is 1. The van der Waals surface area contributed by atoms with E-state index >= 15 is 0 Å². The lowest BCUT2D eigenvalue weighted by atomic mass is 9.95. The van der Waals surface area contributed by atoms with Crippen LogP contribution in [0.4, 0.5) is 5.82 Å². The van der Waals surface area contributed by atoms with Gasteiger partial charge < -0.3 is 15.6 Å². The van der Waals surface area contributed by atoms with Gasteiger partial charge in [-0.1, -0.05) is 25.0 Å². The third-order valence-electron chi connectivity index (χ3n) is 5.38. The number of aromatic nitrogens is 3. The van der Waals surface area contributed by atoms with E-state index < -0.39 is 0 Å². The molecular formula is C23H25N5O. The van der Waals surface area contributed by atoms with Gasteiger partial charge in [0, 0.05) is 29.4 Å². The standard InChI is InChI=1S/C23H25N5O/c1-5-8-13(3)25-22-14(4)26-18-10-7-9-16(21(18)28-22)19-11-17-20(27-19)15(6-2)12-24-23(17)29/h7,9-11,13,15,27H,6,12H2,1-4H3,(H,24,29)(H,25,28). The Hall–Kier alpha value is -3.33. The molecule has 0 fully saturated rings. The molecule has 0 bridgehead atoms. The number of benzene rings is 1. The Kier molecular flexibility index (Phi) is 4.98. The summed E-state index contributed by atoms with van der Waals surface area (Å²) < 4.78 is 0. The first kappa shape index (κ1) is 19.0. The predicted octanol–water partition coefficient (Wildman–Crippen LogP) is 3.99. The molecule has 1 amide bonds. The number of carbonyl (C=O) groups is 1. The van der Waals surface area contributed by atoms with Crippen molar-refractivity contribution in [1.82, 2.24) is 20.3 Å². The van der Waals surface area contributed by atoms with Crippen molar-refractivity contribution in [1.29, 1.82) is 0 Å². The molecule has 3 N–H and O–H groups in total. The van der Waals surface area contributed by atoms with E-state index in [0.29, 0.717) is 12.5 Å². The fourth-order valence-electron chi connectivity index (χ4n) is 3.86. The molecule has 2 unspecified atom stereocenters. The number of anilines is 1. The lowest BCUT2D eigenvalue weighted by molar-refractivity contribution is 0.0939. The van der Waals surface area contributed by atoms with Gasteiger partial charge in [0.05, 0.1) is 22.8 Å². The molecule has 0 saturated carbocycles. The smallest absolute Gasteiger partial charge is 0.253 e. The third-order valence-corrected chi connectivity index (χ3v) is 5.38. The number of para-hydroxylation sites is 1. The molecule has 4 rings (SSSR count). The summed E-state index contributed by atoms with van der Waals surface area (Å²) in [5.41, 5.74) is 6.00. The molecule has 2 atom stereocenters. The van der Waals surface area contributed by atoms with E-state index in [2.05, 4.69) is 34.4 Å². The average Bonchev–Trinajstić information content (AvgIpc) is 3.15. The first-order valence-electron chi connectivity index (χ1n) is 9.99. The van der Waals surface area contributed by atoms with E-state index in [9.17, 15) is 4.79 Å². The Labute approximate surface area is 170 Å². The van der Waals surface area contributed by atoms with Crippen molar-refractivity contribution in [2.24, 2.45) is 0 Å². The summed E-state index contributed by atoms with van der Waals surface area (Å²) >= 11 is 0. The second-order valence-corrected chi connectivity index (χ2v) is 7.42. The Morgan fingerprint density at radius 2 is 2.14 bits per heavy atom. The van der Waals surface area contributed by atoms with Crippen LogP contribution in [-0.2, 0) is 0 Å². The van der Waals surface area contributed by atoms with Gasteiger partial charge in [-0.3, -0.25) is 4.79 Å². The third kappa shape index (κ3) is 3.44. The zero-order valence-corrected chi connectivity index (χ0v) is 17.2. The molecule has 2 aromatic heterocycles. The van der Waals surface area contributed by atoms with E-state index in [1.807, 2.05) is 45.0 Å². The Morgan fingerprint density at radius 3 is 2.90 bits per heavy atom. The maximum absolute atomic E-state index is 12.4. The van der Waals surface area contributed by atoms with Crippen LogP contribution >= 0.6 is 0 Å². The minimum Gasteiger partial charge on any atom is -0.357 e. The SMILES string of the molecule is CC#CC(C)Nc1nc2c(-c3cc4c([nH]3)C(CC)CNC4=O)cccc2nc1C. The number of hydrogen-bond acceptors (Lipinski definition) is 4. The number of rotatable bonds is 4. The number of H-pyrrole nitrogens is 1. The van der Waals surface area contributed by atoms with Crippen LogP contribution in [0.25, 0.3) is 22.3 Å². The Balaban J connectivity index is 1.84. The van der Waals surface area contributed by atoms with E-state index in [1.54, 1.807) is 0 Å². The Morgan fingerprint density at radius 1 is 1.31 bits per heavy atom. The van der Waals surface area contributed by atoms with E-state index in [1.165, 1.54) is 0 Å². The lowest BCUT2D eigenvalue weighted by Crippen LogP contribution is -2.34. The second kappa shape index (κ2) is 7.59. The first-order chi connectivity index (χ1) is 14.0. The first-order valence-corrected chi connectivity index (χ1v) is 9.99. The predicted molar refractivity (Wildman–Crippen MR) is 116 cm³/mol. The molecule has 6 nitrogen and oxygen atoms in total. The summed E-state index contributed by atoms with van der Waals surface area (Å²) in [6.07, 6.45) is 0.964. The second-order valence-electron chi connectivity index (χ2n) is 7.42. The minimum atomic E-state index is -0.0244. The van der Waals surface area contributed by atoms with Crippen molar-refractivity contribution < 1.29 is 4.79 Å². The molecule has 1 aliphatic heterocycles. The Bertz CT molecular complexity index is 1150. The van der Waals surface area contributed by atoms with Gasteiger partial charge >= 0.3 is 0 Å². The van der Waals surface area contributed by atoms with Crippen molar-refractivity contribution >= 4 is 22.8 Å². The molecule has 3 aromatic rings. The van der Waals surface area contributed by atoms with Crippen LogP contribution in [0.5, 0.6) is 0 Å². The van der Waals surface area contributed by atoms with Crippen LogP contribution < -0.4 is 10.6 Å². The molecular weight excluding hydrogens is 362 g/mol. The van der Waals surface area contributed by atoms with E-state index in [4.69, 9.17) is 9.97 Å². The summed E-state index contributed by atoms with van der Waals surface area (Å²) in [5, 5.41) is 6.31. The molecule has 0 radical (unpaired) electrons. The van der Waals surface area contributed by atoms with Gasteiger partial charge in [0.1, 0.15) is 11.3 Å². The highest BCUT2D eigenvalue weighted by molar-refractivity contribution is 6.00. The largest absolute Gasteiger partial charge is 0.357 e. The van der Waals surface area contributed by atoms with Crippen molar-refractivity contribution in [3.05, 3.63) is 41.2 Å². The maximum Gasteiger partial charge on any atom is 0.253 e. The lowest BCUT2D eigenvalue weighted by Gasteiger charge is -2.21. The highest BCUT2D eigenvalue weighted by atomic mass is 16.1. The zero-order chi connectivity index (χ0) is 20.5. The maximum atomic E-state index is 12.4. The van der Waals surface area contributed by atoms with Crippen LogP contribution in [0.3, 0.4) is 0 Å². The van der Waals surface area contributed by atoms with Crippen molar-refractivity contribution in [3.63, 3.8) is 0 Å². The van der Waals surface area contributed by atoms with Crippen molar-refractivity contribution in [3.8, 4) is 23.1 Å². The number of nitrogens with zero attached hydrogens (tertiary/aromatic N) is 2. The summed E-state index contributed by atoms with van der Waals surface area (Å²) in [7, 11) is 0. The number of aryl methyl sites for hydroxylation is 1. The highest BCUT2D eigenvalue weighted by Gasteiger charge is 2.27. The number of nitrogens with one attached hydrogen (secondary N) is 3. The molecule has 29 heavy (non-hydrogen) atoms. The zero-order valence-electron chi connectivity index (χ0n) is 17.2. The quantitative estimate of drug-likeness (QED) is 0.591. The van der Waals surface area contributed by atoms with Crippen LogP contribution in [-0.4, -0.2) is 33.4 Å². The van der Waals surface area contributed by atoms with Gasteiger partial charge in [0.25, 0.3) is 5.91 Å². The molecule has 6 heteroatoms. The molecule has 1 aliphatic rings. The fourth-order valence-corrected chi connectivity index (χ4v) is 3.86. The van der Waals surface area contributed by atoms with Gasteiger partial charge in [0.15, 0.2) is 0 Å². The minimum absolute atomic E-state index is 0.0237. The van der Waals surface area contributed by atoms with Crippen LogP contribution in [0.2, 0.25) is 0 Å². The average molecular weight is 387 g/mol. The number of aromatic amines is 1. The summed E-state index contributed by atoms with van der Waals surface area (Å²) in [4.78, 5) is 25.5. The summed E-state index contributed by atoms with van der Waals surface area (Å²) in [5.74, 6) is 7.00. The number of fused-ring (bicyclic) bond motifs is 2. The molecule has 0 saturated heterocycles. The van der Waals surface area contributed by atoms with Gasteiger partial charge in [-0.25, -0.2) is 9.97 Å². The molecule has 0 spiro atoms. The topological polar surface area (TPSA) is 82.7 Å². The van der Waals surface area contributed by atoms with E-state index in [-0.39, 0.29) is 11.9 Å². The number of amides is 1. The normalized spacial score (nSPS) is 16.6. The van der Waals surface area contributed by atoms with Gasteiger partial charge in [-0.15, -0.1) is 5.92 Å². The van der Waals surface area contributed by atoms with Gasteiger partial charge in [-0.05, 0) is 39.3 Å². The van der Waals surface area contributed by atoms with Crippen LogP contribution in [0.1, 0.15) is 54.9 Å². The molecule has 1 aromatic carbocycles. The van der Waals surface area contributed by atoms with Gasteiger partial charge in [-0.2, -0.15) is 0 Å².